The van der Waals surface area contributed by atoms with Gasteiger partial charge < -0.3 is 0 Å². The van der Waals surface area contributed by atoms with Gasteiger partial charge in [-0.2, -0.15) is 15.2 Å². The number of hydrogen-bond acceptors (Lipinski definition) is 5. The molecular formula is C11H10BrN5O. The van der Waals surface area contributed by atoms with Crippen molar-refractivity contribution in [1.29, 1.82) is 0 Å². The molecule has 92 valence electrons. The summed E-state index contributed by atoms with van der Waals surface area (Å²) in [5.74, 6) is 0.340. The molecule has 0 fully saturated rings. The van der Waals surface area contributed by atoms with E-state index in [1.807, 2.05) is 24.3 Å². The van der Waals surface area contributed by atoms with E-state index in [9.17, 15) is 4.79 Å². The molecule has 0 aliphatic heterocycles. The number of aryl methyl sites for hydroxylation is 1. The van der Waals surface area contributed by atoms with Crippen LogP contribution < -0.4 is 11.1 Å². The average molecular weight is 308 g/mol. The third-order valence-corrected chi connectivity index (χ3v) is 2.66. The molecule has 0 aliphatic carbocycles. The van der Waals surface area contributed by atoms with Gasteiger partial charge in [0, 0.05) is 4.47 Å². The van der Waals surface area contributed by atoms with Crippen molar-refractivity contribution < 1.29 is 0 Å². The predicted octanol–water partition coefficient (Wildman–Crippen LogP) is 1.68. The van der Waals surface area contributed by atoms with E-state index in [-0.39, 0.29) is 0 Å². The molecule has 0 spiro atoms. The molecule has 0 amide bonds. The van der Waals surface area contributed by atoms with Crippen molar-refractivity contribution in [3.63, 3.8) is 0 Å². The summed E-state index contributed by atoms with van der Waals surface area (Å²) < 4.78 is 1.00. The number of aromatic nitrogens is 3. The monoisotopic (exact) mass is 307 g/mol. The zero-order chi connectivity index (χ0) is 13.0. The molecule has 0 saturated heterocycles. The third-order valence-electron chi connectivity index (χ3n) is 2.13. The van der Waals surface area contributed by atoms with Crippen LogP contribution in [0.4, 0.5) is 5.82 Å². The first-order valence-electron chi connectivity index (χ1n) is 5.13. The highest BCUT2D eigenvalue weighted by Crippen LogP contribution is 2.09. The molecule has 18 heavy (non-hydrogen) atoms. The Kier molecular flexibility index (Phi) is 3.83. The number of nitrogens with one attached hydrogen (secondary N) is 2. The summed E-state index contributed by atoms with van der Waals surface area (Å²) in [6.07, 6.45) is 1.63. The minimum absolute atomic E-state index is 0.340. The van der Waals surface area contributed by atoms with E-state index in [0.717, 1.165) is 10.0 Å². The maximum atomic E-state index is 11.0. The van der Waals surface area contributed by atoms with Crippen LogP contribution >= 0.6 is 15.9 Å². The standard InChI is InChI=1S/C11H10BrN5O/c1-7-10(14-11(18)17-15-7)16-13-6-8-2-4-9(12)5-3-8/h2-6H,1H3,(H2,14,16,17,18)/b13-6-. The Balaban J connectivity index is 2.09. The largest absolute Gasteiger partial charge is 0.363 e. The Morgan fingerprint density at radius 1 is 1.39 bits per heavy atom. The number of halogens is 1. The van der Waals surface area contributed by atoms with Gasteiger partial charge in [-0.3, -0.25) is 5.43 Å². The van der Waals surface area contributed by atoms with Gasteiger partial charge in [0.15, 0.2) is 5.82 Å². The van der Waals surface area contributed by atoms with Crippen LogP contribution in [0.2, 0.25) is 0 Å². The van der Waals surface area contributed by atoms with E-state index in [4.69, 9.17) is 0 Å². The minimum atomic E-state index is -0.512. The molecule has 6 nitrogen and oxygen atoms in total. The summed E-state index contributed by atoms with van der Waals surface area (Å²) in [5.41, 5.74) is 3.67. The molecular weight excluding hydrogens is 298 g/mol. The lowest BCUT2D eigenvalue weighted by Gasteiger charge is -2.00. The number of nitrogens with zero attached hydrogens (tertiary/aromatic N) is 3. The molecule has 2 aromatic rings. The van der Waals surface area contributed by atoms with Gasteiger partial charge in [0.05, 0.1) is 6.21 Å². The molecule has 0 atom stereocenters. The summed E-state index contributed by atoms with van der Waals surface area (Å²) in [4.78, 5) is 14.7. The van der Waals surface area contributed by atoms with Crippen LogP contribution in [-0.4, -0.2) is 21.4 Å². The molecule has 0 radical (unpaired) electrons. The lowest BCUT2D eigenvalue weighted by atomic mass is 10.2. The van der Waals surface area contributed by atoms with Crippen molar-refractivity contribution in [2.24, 2.45) is 5.10 Å². The van der Waals surface area contributed by atoms with E-state index >= 15 is 0 Å². The molecule has 1 heterocycles. The van der Waals surface area contributed by atoms with Crippen molar-refractivity contribution in [1.82, 2.24) is 15.2 Å². The quantitative estimate of drug-likeness (QED) is 0.667. The number of rotatable bonds is 3. The van der Waals surface area contributed by atoms with Gasteiger partial charge in [0.2, 0.25) is 0 Å². The van der Waals surface area contributed by atoms with Crippen LogP contribution in [0.1, 0.15) is 11.3 Å². The number of hydrazone groups is 1. The van der Waals surface area contributed by atoms with Crippen LogP contribution in [-0.2, 0) is 0 Å². The highest BCUT2D eigenvalue weighted by atomic mass is 79.9. The number of anilines is 1. The van der Waals surface area contributed by atoms with Gasteiger partial charge >= 0.3 is 5.69 Å². The second-order valence-corrected chi connectivity index (χ2v) is 4.41. The van der Waals surface area contributed by atoms with Crippen molar-refractivity contribution in [2.45, 2.75) is 6.92 Å². The maximum Gasteiger partial charge on any atom is 0.363 e. The zero-order valence-electron chi connectivity index (χ0n) is 9.51. The number of benzene rings is 1. The summed E-state index contributed by atoms with van der Waals surface area (Å²) in [6.45, 7) is 1.72. The van der Waals surface area contributed by atoms with E-state index in [0.29, 0.717) is 11.5 Å². The van der Waals surface area contributed by atoms with Crippen molar-refractivity contribution >= 4 is 28.0 Å². The summed E-state index contributed by atoms with van der Waals surface area (Å²) in [6, 6.07) is 7.65. The predicted molar refractivity (Wildman–Crippen MR) is 72.7 cm³/mol. The number of hydrogen-bond donors (Lipinski definition) is 2. The zero-order valence-corrected chi connectivity index (χ0v) is 11.1. The molecule has 0 saturated carbocycles. The first kappa shape index (κ1) is 12.4. The van der Waals surface area contributed by atoms with Crippen molar-refractivity contribution in [2.75, 3.05) is 5.43 Å². The Morgan fingerprint density at radius 3 is 2.83 bits per heavy atom. The Labute approximate surface area is 111 Å². The van der Waals surface area contributed by atoms with Gasteiger partial charge in [-0.25, -0.2) is 9.89 Å². The first-order valence-corrected chi connectivity index (χ1v) is 5.92. The maximum absolute atomic E-state index is 11.0. The molecule has 0 unspecified atom stereocenters. The smallest absolute Gasteiger partial charge is 0.260 e. The normalized spacial score (nSPS) is 10.8. The summed E-state index contributed by atoms with van der Waals surface area (Å²) in [5, 5.41) is 10.0. The molecule has 1 aromatic carbocycles. The van der Waals surface area contributed by atoms with Crippen LogP contribution in [0.15, 0.2) is 38.6 Å². The molecule has 0 bridgehead atoms. The number of aromatic amines is 1. The van der Waals surface area contributed by atoms with Crippen molar-refractivity contribution in [3.8, 4) is 0 Å². The topological polar surface area (TPSA) is 83.0 Å². The van der Waals surface area contributed by atoms with Gasteiger partial charge in [-0.1, -0.05) is 28.1 Å². The second-order valence-electron chi connectivity index (χ2n) is 3.50. The first-order chi connectivity index (χ1) is 8.65. The second kappa shape index (κ2) is 5.54. The fourth-order valence-electron chi connectivity index (χ4n) is 1.21. The Hall–Kier alpha value is -2.02. The Bertz CT molecular complexity index is 620. The third kappa shape index (κ3) is 3.24. The van der Waals surface area contributed by atoms with E-state index in [2.05, 4.69) is 41.6 Å². The lowest BCUT2D eigenvalue weighted by molar-refractivity contribution is 0.879. The van der Waals surface area contributed by atoms with Crippen LogP contribution in [0.3, 0.4) is 0 Å². The molecule has 7 heteroatoms. The molecule has 0 aliphatic rings. The highest BCUT2D eigenvalue weighted by molar-refractivity contribution is 9.10. The Morgan fingerprint density at radius 2 is 2.11 bits per heavy atom. The van der Waals surface area contributed by atoms with Crippen LogP contribution in [0.5, 0.6) is 0 Å². The van der Waals surface area contributed by atoms with Gasteiger partial charge in [-0.15, -0.1) is 0 Å². The molecule has 2 N–H and O–H groups in total. The SMILES string of the molecule is Cc1n[nH]c(=O)nc1N/N=C\c1ccc(Br)cc1. The fraction of sp³-hybridized carbons (Fsp3) is 0.0909. The van der Waals surface area contributed by atoms with E-state index in [1.165, 1.54) is 0 Å². The van der Waals surface area contributed by atoms with Gasteiger partial charge in [0.25, 0.3) is 0 Å². The minimum Gasteiger partial charge on any atom is -0.260 e. The summed E-state index contributed by atoms with van der Waals surface area (Å²) >= 11 is 3.35. The molecule has 2 rings (SSSR count). The van der Waals surface area contributed by atoms with E-state index in [1.54, 1.807) is 13.1 Å². The summed E-state index contributed by atoms with van der Waals surface area (Å²) in [7, 11) is 0. The van der Waals surface area contributed by atoms with Crippen LogP contribution in [0, 0.1) is 6.92 Å². The van der Waals surface area contributed by atoms with Crippen molar-refractivity contribution in [3.05, 3.63) is 50.5 Å². The molecule has 1 aromatic heterocycles. The van der Waals surface area contributed by atoms with Gasteiger partial charge in [0.1, 0.15) is 5.69 Å². The van der Waals surface area contributed by atoms with E-state index < -0.39 is 5.69 Å². The fourth-order valence-corrected chi connectivity index (χ4v) is 1.48. The van der Waals surface area contributed by atoms with Crippen LogP contribution in [0.25, 0.3) is 0 Å². The lowest BCUT2D eigenvalue weighted by Crippen LogP contribution is -2.15. The number of H-pyrrole nitrogens is 1. The van der Waals surface area contributed by atoms with Gasteiger partial charge in [-0.05, 0) is 24.6 Å². The average Bonchev–Trinajstić information content (AvgIpc) is 2.36. The highest BCUT2D eigenvalue weighted by Gasteiger charge is 1.99.